The van der Waals surface area contributed by atoms with Crippen LogP contribution >= 0.6 is 0 Å². The number of urea groups is 1. The molecule has 2 amide bonds. The number of amides is 2. The maximum Gasteiger partial charge on any atom is 0.317 e. The third-order valence-corrected chi connectivity index (χ3v) is 4.63. The van der Waals surface area contributed by atoms with Crippen LogP contribution < -0.4 is 5.32 Å². The monoisotopic (exact) mass is 392 g/mol. The highest BCUT2D eigenvalue weighted by molar-refractivity contribution is 5.80. The number of benzene rings is 2. The lowest BCUT2D eigenvalue weighted by Crippen LogP contribution is -2.43. The summed E-state index contributed by atoms with van der Waals surface area (Å²) in [5.41, 5.74) is 4.14. The maximum atomic E-state index is 12.5. The highest BCUT2D eigenvalue weighted by atomic mass is 16.2. The van der Waals surface area contributed by atoms with Gasteiger partial charge < -0.3 is 10.2 Å². The Morgan fingerprint density at radius 2 is 1.83 bits per heavy atom. The average molecular weight is 393 g/mol. The molecule has 0 unspecified atom stereocenters. The summed E-state index contributed by atoms with van der Waals surface area (Å²) in [4.78, 5) is 14.4. The largest absolute Gasteiger partial charge is 0.336 e. The molecule has 7 heteroatoms. The molecule has 0 radical (unpaired) electrons. The minimum absolute atomic E-state index is 0.0139. The van der Waals surface area contributed by atoms with Gasteiger partial charge >= 0.3 is 6.03 Å². The first-order chi connectivity index (χ1) is 14.1. The van der Waals surface area contributed by atoms with Gasteiger partial charge in [0, 0.05) is 24.7 Å². The molecule has 0 aliphatic rings. The molecule has 0 saturated heterocycles. The van der Waals surface area contributed by atoms with Crippen LogP contribution in [0.25, 0.3) is 22.5 Å². The van der Waals surface area contributed by atoms with E-state index in [2.05, 4.69) is 57.1 Å². The number of rotatable bonds is 8. The van der Waals surface area contributed by atoms with Crippen molar-refractivity contribution in [3.63, 3.8) is 0 Å². The van der Waals surface area contributed by atoms with Gasteiger partial charge in [-0.05, 0) is 42.2 Å². The highest BCUT2D eigenvalue weighted by Crippen LogP contribution is 2.29. The molecule has 3 aromatic rings. The topological polar surface area (TPSA) is 86.8 Å². The van der Waals surface area contributed by atoms with Crippen LogP contribution in [-0.2, 0) is 6.54 Å². The Hall–Kier alpha value is -3.22. The smallest absolute Gasteiger partial charge is 0.317 e. The molecular formula is C22H28N6O. The van der Waals surface area contributed by atoms with Crippen LogP contribution in [0.3, 0.4) is 0 Å². The molecule has 2 aromatic carbocycles. The van der Waals surface area contributed by atoms with Crippen LogP contribution in [0.2, 0.25) is 0 Å². The first kappa shape index (κ1) is 20.5. The summed E-state index contributed by atoms with van der Waals surface area (Å²) in [5, 5.41) is 17.4. The molecule has 152 valence electrons. The molecule has 0 aliphatic carbocycles. The maximum absolute atomic E-state index is 12.5. The van der Waals surface area contributed by atoms with Crippen molar-refractivity contribution in [1.29, 1.82) is 0 Å². The van der Waals surface area contributed by atoms with Crippen LogP contribution in [0.5, 0.6) is 0 Å². The van der Waals surface area contributed by atoms with Gasteiger partial charge in [-0.25, -0.2) is 4.79 Å². The van der Waals surface area contributed by atoms with Crippen molar-refractivity contribution >= 4 is 6.03 Å². The Balaban J connectivity index is 1.78. The van der Waals surface area contributed by atoms with Crippen LogP contribution in [0, 0.1) is 0 Å². The molecule has 29 heavy (non-hydrogen) atoms. The Morgan fingerprint density at radius 1 is 1.10 bits per heavy atom. The lowest BCUT2D eigenvalue weighted by Gasteiger charge is -2.24. The zero-order valence-corrected chi connectivity index (χ0v) is 17.2. The van der Waals surface area contributed by atoms with Gasteiger partial charge in [-0.15, -0.1) is 10.2 Å². The van der Waals surface area contributed by atoms with Crippen LogP contribution in [0.1, 0.15) is 39.2 Å². The van der Waals surface area contributed by atoms with Crippen molar-refractivity contribution < 1.29 is 4.79 Å². The first-order valence-corrected chi connectivity index (χ1v) is 10.1. The van der Waals surface area contributed by atoms with E-state index in [0.717, 1.165) is 41.6 Å². The van der Waals surface area contributed by atoms with Gasteiger partial charge in [0.1, 0.15) is 0 Å². The number of aromatic nitrogens is 4. The molecule has 0 fully saturated rings. The Morgan fingerprint density at radius 3 is 2.45 bits per heavy atom. The van der Waals surface area contributed by atoms with Crippen molar-refractivity contribution in [2.45, 2.75) is 46.2 Å². The predicted octanol–water partition coefficient (Wildman–Crippen LogP) is 4.25. The van der Waals surface area contributed by atoms with E-state index >= 15 is 0 Å². The molecule has 1 aromatic heterocycles. The van der Waals surface area contributed by atoms with Gasteiger partial charge in [-0.2, -0.15) is 5.21 Å². The third kappa shape index (κ3) is 5.40. The molecule has 3 rings (SSSR count). The number of carbonyl (C=O) groups is 1. The summed E-state index contributed by atoms with van der Waals surface area (Å²) < 4.78 is 0. The number of unbranched alkanes of at least 4 members (excludes halogenated alkanes) is 1. The number of hydrogen-bond acceptors (Lipinski definition) is 4. The minimum Gasteiger partial charge on any atom is -0.336 e. The van der Waals surface area contributed by atoms with Crippen molar-refractivity contribution in [3.05, 3.63) is 54.1 Å². The van der Waals surface area contributed by atoms with E-state index in [1.807, 2.05) is 43.0 Å². The Labute approximate surface area is 171 Å². The van der Waals surface area contributed by atoms with E-state index in [1.165, 1.54) is 0 Å². The third-order valence-electron chi connectivity index (χ3n) is 4.63. The van der Waals surface area contributed by atoms with Gasteiger partial charge in [0.15, 0.2) is 0 Å². The fourth-order valence-electron chi connectivity index (χ4n) is 3.16. The summed E-state index contributed by atoms with van der Waals surface area (Å²) in [6.45, 7) is 7.43. The zero-order valence-electron chi connectivity index (χ0n) is 17.2. The molecular weight excluding hydrogens is 364 g/mol. The number of hydrogen-bond donors (Lipinski definition) is 2. The number of carbonyl (C=O) groups excluding carboxylic acids is 1. The normalized spacial score (nSPS) is 10.9. The summed E-state index contributed by atoms with van der Waals surface area (Å²) >= 11 is 0. The van der Waals surface area contributed by atoms with E-state index in [1.54, 1.807) is 0 Å². The lowest BCUT2D eigenvalue weighted by molar-refractivity contribution is 0.191. The van der Waals surface area contributed by atoms with Crippen LogP contribution in [0.4, 0.5) is 4.79 Å². The minimum atomic E-state index is -0.0139. The van der Waals surface area contributed by atoms with Gasteiger partial charge in [0.25, 0.3) is 0 Å². The number of nitrogens with zero attached hydrogens (tertiary/aromatic N) is 4. The van der Waals surface area contributed by atoms with E-state index < -0.39 is 0 Å². The second-order valence-electron chi connectivity index (χ2n) is 7.36. The van der Waals surface area contributed by atoms with Gasteiger partial charge in [0.05, 0.1) is 0 Å². The van der Waals surface area contributed by atoms with E-state index in [9.17, 15) is 4.79 Å². The van der Waals surface area contributed by atoms with Crippen molar-refractivity contribution in [3.8, 4) is 22.5 Å². The first-order valence-electron chi connectivity index (χ1n) is 10.1. The number of tetrazole rings is 1. The van der Waals surface area contributed by atoms with Crippen molar-refractivity contribution in [2.75, 3.05) is 6.54 Å². The molecule has 2 N–H and O–H groups in total. The van der Waals surface area contributed by atoms with Gasteiger partial charge in [-0.1, -0.05) is 61.9 Å². The zero-order chi connectivity index (χ0) is 20.6. The fourth-order valence-corrected chi connectivity index (χ4v) is 3.16. The summed E-state index contributed by atoms with van der Waals surface area (Å²) in [6, 6.07) is 16.4. The molecule has 0 bridgehead atoms. The predicted molar refractivity (Wildman–Crippen MR) is 114 cm³/mol. The summed E-state index contributed by atoms with van der Waals surface area (Å²) in [5.74, 6) is 0.570. The quantitative estimate of drug-likeness (QED) is 0.600. The summed E-state index contributed by atoms with van der Waals surface area (Å²) in [7, 11) is 0. The number of H-pyrrole nitrogens is 1. The molecule has 0 aliphatic heterocycles. The van der Waals surface area contributed by atoms with Crippen molar-refractivity contribution in [2.24, 2.45) is 0 Å². The second kappa shape index (κ2) is 9.82. The van der Waals surface area contributed by atoms with Crippen LogP contribution in [-0.4, -0.2) is 44.1 Å². The fraction of sp³-hybridized carbons (Fsp3) is 0.364. The van der Waals surface area contributed by atoms with E-state index in [4.69, 9.17) is 0 Å². The SMILES string of the molecule is CCCCN(Cc1ccc(-c2ccccc2-c2nn[nH]n2)cc1)C(=O)NC(C)C. The molecule has 0 atom stereocenters. The Bertz CT molecular complexity index is 905. The number of aromatic amines is 1. The highest BCUT2D eigenvalue weighted by Gasteiger charge is 2.15. The Kier molecular flexibility index (Phi) is 6.94. The second-order valence-corrected chi connectivity index (χ2v) is 7.36. The van der Waals surface area contributed by atoms with Gasteiger partial charge in [0.2, 0.25) is 5.82 Å². The molecule has 0 saturated carbocycles. The van der Waals surface area contributed by atoms with Crippen molar-refractivity contribution in [1.82, 2.24) is 30.8 Å². The number of nitrogens with one attached hydrogen (secondary N) is 2. The standard InChI is InChI=1S/C22H28N6O/c1-4-5-14-28(22(29)23-16(2)3)15-17-10-12-18(13-11-17)19-8-6-7-9-20(19)21-24-26-27-25-21/h6-13,16H,4-5,14-15H2,1-3H3,(H,23,29)(H,24,25,26,27). The molecule has 1 heterocycles. The lowest BCUT2D eigenvalue weighted by atomic mass is 9.98. The molecule has 7 nitrogen and oxygen atoms in total. The average Bonchev–Trinajstić information content (AvgIpc) is 3.26. The van der Waals surface area contributed by atoms with E-state index in [-0.39, 0.29) is 12.1 Å². The molecule has 0 spiro atoms. The van der Waals surface area contributed by atoms with E-state index in [0.29, 0.717) is 12.4 Å². The van der Waals surface area contributed by atoms with Crippen LogP contribution in [0.15, 0.2) is 48.5 Å². The van der Waals surface area contributed by atoms with Gasteiger partial charge in [-0.3, -0.25) is 0 Å². The summed E-state index contributed by atoms with van der Waals surface area (Å²) in [6.07, 6.45) is 2.04.